The van der Waals surface area contributed by atoms with Gasteiger partial charge in [-0.15, -0.1) is 0 Å². The van der Waals surface area contributed by atoms with E-state index in [0.717, 1.165) is 29.4 Å². The quantitative estimate of drug-likeness (QED) is 0.890. The molecular weight excluding hydrogens is 236 g/mol. The van der Waals surface area contributed by atoms with E-state index >= 15 is 0 Å². The summed E-state index contributed by atoms with van der Waals surface area (Å²) in [6.45, 7) is 11.2. The maximum Gasteiger partial charge on any atom is 0.211 e. The van der Waals surface area contributed by atoms with Crippen LogP contribution >= 0.6 is 0 Å². The van der Waals surface area contributed by atoms with Gasteiger partial charge in [0, 0.05) is 6.04 Å². The van der Waals surface area contributed by atoms with Gasteiger partial charge >= 0.3 is 0 Å². The van der Waals surface area contributed by atoms with Crippen molar-refractivity contribution >= 4 is 0 Å². The summed E-state index contributed by atoms with van der Waals surface area (Å²) < 4.78 is 5.64. The third-order valence-corrected chi connectivity index (χ3v) is 4.50. The van der Waals surface area contributed by atoms with Gasteiger partial charge in [0.2, 0.25) is 5.89 Å². The second-order valence-electron chi connectivity index (χ2n) is 6.63. The van der Waals surface area contributed by atoms with Gasteiger partial charge in [0.15, 0.2) is 0 Å². The average Bonchev–Trinajstić information content (AvgIpc) is 2.75. The highest BCUT2D eigenvalue weighted by Gasteiger charge is 2.32. The number of nitrogens with one attached hydrogen (secondary N) is 1. The molecule has 0 spiro atoms. The summed E-state index contributed by atoms with van der Waals surface area (Å²) in [4.78, 5) is 4.34. The van der Waals surface area contributed by atoms with Crippen molar-refractivity contribution in [3.63, 3.8) is 0 Å². The lowest BCUT2D eigenvalue weighted by molar-refractivity contribution is 0.156. The summed E-state index contributed by atoms with van der Waals surface area (Å²) in [5, 5.41) is 3.75. The van der Waals surface area contributed by atoms with E-state index in [-0.39, 0.29) is 6.04 Å². The highest BCUT2D eigenvalue weighted by molar-refractivity contribution is 4.97. The van der Waals surface area contributed by atoms with Crippen LogP contribution < -0.4 is 5.32 Å². The predicted octanol–water partition coefficient (Wildman–Crippen LogP) is 4.09. The molecule has 3 nitrogen and oxygen atoms in total. The van der Waals surface area contributed by atoms with E-state index in [9.17, 15) is 0 Å². The Morgan fingerprint density at radius 1 is 1.32 bits per heavy atom. The van der Waals surface area contributed by atoms with Crippen molar-refractivity contribution in [1.82, 2.24) is 10.3 Å². The molecule has 1 aromatic rings. The minimum Gasteiger partial charge on any atom is -0.444 e. The van der Waals surface area contributed by atoms with Crippen LogP contribution in [-0.4, -0.2) is 11.0 Å². The van der Waals surface area contributed by atoms with Crippen molar-refractivity contribution in [2.24, 2.45) is 17.8 Å². The molecule has 1 aromatic heterocycles. The molecule has 0 saturated heterocycles. The van der Waals surface area contributed by atoms with Crippen LogP contribution in [0.15, 0.2) is 10.6 Å². The molecule has 0 radical (unpaired) electrons. The van der Waals surface area contributed by atoms with Gasteiger partial charge in [-0.2, -0.15) is 0 Å². The Bertz CT molecular complexity index is 399. The average molecular weight is 264 g/mol. The number of nitrogens with zero attached hydrogens (tertiary/aromatic N) is 1. The Hall–Kier alpha value is -0.830. The Morgan fingerprint density at radius 3 is 2.63 bits per heavy atom. The molecule has 4 atom stereocenters. The minimum absolute atomic E-state index is 0.199. The summed E-state index contributed by atoms with van der Waals surface area (Å²) in [6, 6.07) is 0.788. The van der Waals surface area contributed by atoms with E-state index in [1.807, 2.05) is 6.92 Å². The van der Waals surface area contributed by atoms with E-state index in [0.29, 0.717) is 6.04 Å². The predicted molar refractivity (Wildman–Crippen MR) is 77.9 cm³/mol. The van der Waals surface area contributed by atoms with E-state index in [2.05, 4.69) is 38.0 Å². The molecule has 1 aliphatic rings. The van der Waals surface area contributed by atoms with Crippen LogP contribution in [0.3, 0.4) is 0 Å². The largest absolute Gasteiger partial charge is 0.444 e. The van der Waals surface area contributed by atoms with Gasteiger partial charge < -0.3 is 9.73 Å². The zero-order chi connectivity index (χ0) is 14.0. The van der Waals surface area contributed by atoms with Crippen molar-refractivity contribution in [3.8, 4) is 0 Å². The third-order valence-electron chi connectivity index (χ3n) is 4.50. The molecular formula is C16H28N2O. The van der Waals surface area contributed by atoms with Crippen molar-refractivity contribution in [2.75, 3.05) is 0 Å². The number of rotatable bonds is 4. The lowest BCUT2D eigenvalue weighted by Gasteiger charge is -2.39. The van der Waals surface area contributed by atoms with Crippen LogP contribution in [0.4, 0.5) is 0 Å². The van der Waals surface area contributed by atoms with Crippen molar-refractivity contribution in [2.45, 2.75) is 66.0 Å². The van der Waals surface area contributed by atoms with Crippen LogP contribution in [0, 0.1) is 24.7 Å². The number of hydrogen-bond donors (Lipinski definition) is 1. The fraction of sp³-hybridized carbons (Fsp3) is 0.812. The standard InChI is InChI=1S/C16H28N2O/c1-10(2)14-7-6-11(3)8-15(14)18-13(5)16-17-9-12(4)19-16/h9-11,13-15,18H,6-8H2,1-5H3. The summed E-state index contributed by atoms with van der Waals surface area (Å²) in [5.41, 5.74) is 0. The van der Waals surface area contributed by atoms with Crippen LogP contribution in [0.1, 0.15) is 64.7 Å². The second kappa shape index (κ2) is 6.08. The number of aryl methyl sites for hydroxylation is 1. The molecule has 1 N–H and O–H groups in total. The van der Waals surface area contributed by atoms with Crippen LogP contribution in [-0.2, 0) is 0 Å². The molecule has 0 aliphatic heterocycles. The van der Waals surface area contributed by atoms with Crippen molar-refractivity contribution in [1.29, 1.82) is 0 Å². The highest BCUT2D eigenvalue weighted by atomic mass is 16.4. The molecule has 108 valence electrons. The Kier molecular flexibility index (Phi) is 4.67. The third kappa shape index (κ3) is 3.59. The highest BCUT2D eigenvalue weighted by Crippen LogP contribution is 2.34. The Morgan fingerprint density at radius 2 is 2.05 bits per heavy atom. The maximum absolute atomic E-state index is 5.64. The smallest absolute Gasteiger partial charge is 0.211 e. The van der Waals surface area contributed by atoms with Crippen LogP contribution in [0.5, 0.6) is 0 Å². The molecule has 3 heteroatoms. The minimum atomic E-state index is 0.199. The summed E-state index contributed by atoms with van der Waals surface area (Å²) in [5.74, 6) is 4.04. The van der Waals surface area contributed by atoms with Gasteiger partial charge in [0.1, 0.15) is 5.76 Å². The van der Waals surface area contributed by atoms with Gasteiger partial charge in [-0.3, -0.25) is 0 Å². The molecule has 1 aliphatic carbocycles. The van der Waals surface area contributed by atoms with E-state index in [1.165, 1.54) is 19.3 Å². The van der Waals surface area contributed by atoms with Gasteiger partial charge in [-0.1, -0.05) is 27.2 Å². The van der Waals surface area contributed by atoms with Crippen LogP contribution in [0.25, 0.3) is 0 Å². The number of oxazole rings is 1. The molecule has 4 unspecified atom stereocenters. The molecule has 0 aromatic carbocycles. The lowest BCUT2D eigenvalue weighted by Crippen LogP contribution is -2.43. The lowest BCUT2D eigenvalue weighted by atomic mass is 9.74. The zero-order valence-electron chi connectivity index (χ0n) is 12.9. The van der Waals surface area contributed by atoms with Crippen LogP contribution in [0.2, 0.25) is 0 Å². The van der Waals surface area contributed by atoms with Gasteiger partial charge in [0.25, 0.3) is 0 Å². The molecule has 0 bridgehead atoms. The van der Waals surface area contributed by atoms with E-state index < -0.39 is 0 Å². The summed E-state index contributed by atoms with van der Waals surface area (Å²) >= 11 is 0. The number of hydrogen-bond acceptors (Lipinski definition) is 3. The van der Waals surface area contributed by atoms with Crippen molar-refractivity contribution < 1.29 is 4.42 Å². The molecule has 0 amide bonds. The maximum atomic E-state index is 5.64. The van der Waals surface area contributed by atoms with E-state index in [1.54, 1.807) is 6.20 Å². The molecule has 1 heterocycles. The molecule has 19 heavy (non-hydrogen) atoms. The first kappa shape index (κ1) is 14.6. The molecule has 2 rings (SSSR count). The fourth-order valence-electron chi connectivity index (χ4n) is 3.36. The summed E-state index contributed by atoms with van der Waals surface area (Å²) in [6.07, 6.45) is 5.78. The zero-order valence-corrected chi connectivity index (χ0v) is 12.9. The number of aromatic nitrogens is 1. The summed E-state index contributed by atoms with van der Waals surface area (Å²) in [7, 11) is 0. The monoisotopic (exact) mass is 264 g/mol. The van der Waals surface area contributed by atoms with Gasteiger partial charge in [0.05, 0.1) is 12.2 Å². The fourth-order valence-corrected chi connectivity index (χ4v) is 3.36. The second-order valence-corrected chi connectivity index (χ2v) is 6.63. The molecule has 1 saturated carbocycles. The normalized spacial score (nSPS) is 29.7. The van der Waals surface area contributed by atoms with Gasteiger partial charge in [-0.05, 0) is 44.4 Å². The van der Waals surface area contributed by atoms with Crippen molar-refractivity contribution in [3.05, 3.63) is 17.8 Å². The Balaban J connectivity index is 2.02. The SMILES string of the molecule is Cc1cnc(C(C)NC2CC(C)CCC2C(C)C)o1. The van der Waals surface area contributed by atoms with Gasteiger partial charge in [-0.25, -0.2) is 4.98 Å². The molecule has 1 fully saturated rings. The van der Waals surface area contributed by atoms with E-state index in [4.69, 9.17) is 4.42 Å². The Labute approximate surface area is 117 Å². The first-order chi connectivity index (χ1) is 8.97. The first-order valence-corrected chi connectivity index (χ1v) is 7.65. The topological polar surface area (TPSA) is 38.1 Å². The first-order valence-electron chi connectivity index (χ1n) is 7.65.